The van der Waals surface area contributed by atoms with Gasteiger partial charge in [0.25, 0.3) is 0 Å². The van der Waals surface area contributed by atoms with Gasteiger partial charge in [-0.2, -0.15) is 0 Å². The predicted octanol–water partition coefficient (Wildman–Crippen LogP) is 2.89. The van der Waals surface area contributed by atoms with Gasteiger partial charge in [-0.15, -0.1) is 0 Å². The van der Waals surface area contributed by atoms with Crippen molar-refractivity contribution in [2.45, 2.75) is 27.2 Å². The van der Waals surface area contributed by atoms with Crippen LogP contribution in [0.4, 0.5) is 5.69 Å². The largest absolute Gasteiger partial charge is 0.491 e. The van der Waals surface area contributed by atoms with Crippen LogP contribution in [0.25, 0.3) is 0 Å². The molecule has 21 heavy (non-hydrogen) atoms. The Morgan fingerprint density at radius 1 is 1.24 bits per heavy atom. The van der Waals surface area contributed by atoms with Gasteiger partial charge in [0.15, 0.2) is 5.75 Å². The highest BCUT2D eigenvalue weighted by atomic mass is 16.6. The van der Waals surface area contributed by atoms with Crippen LogP contribution in [0.3, 0.4) is 0 Å². The molecule has 0 saturated heterocycles. The number of hydrogen-bond acceptors (Lipinski definition) is 5. The third kappa shape index (κ3) is 6.04. The molecule has 0 amide bonds. The SMILES string of the molecule is CCOc1c(N)cccc1C(=O)OCCOCCC(C)C. The first-order valence-electron chi connectivity index (χ1n) is 7.32. The maximum atomic E-state index is 12.0. The summed E-state index contributed by atoms with van der Waals surface area (Å²) in [4.78, 5) is 12.0. The van der Waals surface area contributed by atoms with E-state index in [0.29, 0.717) is 42.7 Å². The van der Waals surface area contributed by atoms with Gasteiger partial charge in [0.1, 0.15) is 12.2 Å². The summed E-state index contributed by atoms with van der Waals surface area (Å²) >= 11 is 0. The highest BCUT2D eigenvalue weighted by molar-refractivity contribution is 5.94. The number of carbonyl (C=O) groups is 1. The van der Waals surface area contributed by atoms with Gasteiger partial charge in [0, 0.05) is 6.61 Å². The lowest BCUT2D eigenvalue weighted by atomic mass is 10.1. The minimum atomic E-state index is -0.446. The van der Waals surface area contributed by atoms with Crippen LogP contribution < -0.4 is 10.5 Å². The van der Waals surface area contributed by atoms with E-state index in [2.05, 4.69) is 13.8 Å². The van der Waals surface area contributed by atoms with Crippen molar-refractivity contribution in [3.8, 4) is 5.75 Å². The lowest BCUT2D eigenvalue weighted by Crippen LogP contribution is -2.13. The van der Waals surface area contributed by atoms with Crippen molar-refractivity contribution in [3.05, 3.63) is 23.8 Å². The van der Waals surface area contributed by atoms with E-state index in [9.17, 15) is 4.79 Å². The predicted molar refractivity (Wildman–Crippen MR) is 82.6 cm³/mol. The number of nitrogen functional groups attached to an aromatic ring is 1. The van der Waals surface area contributed by atoms with E-state index in [1.54, 1.807) is 18.2 Å². The average Bonchev–Trinajstić information content (AvgIpc) is 2.44. The first-order chi connectivity index (χ1) is 10.1. The molecule has 0 saturated carbocycles. The molecule has 2 N–H and O–H groups in total. The number of carbonyl (C=O) groups excluding carboxylic acids is 1. The van der Waals surface area contributed by atoms with E-state index in [1.165, 1.54) is 0 Å². The molecular formula is C16H25NO4. The van der Waals surface area contributed by atoms with Gasteiger partial charge < -0.3 is 19.9 Å². The summed E-state index contributed by atoms with van der Waals surface area (Å²) in [5, 5.41) is 0. The third-order valence-corrected chi connectivity index (χ3v) is 2.85. The number of benzene rings is 1. The minimum absolute atomic E-state index is 0.220. The smallest absolute Gasteiger partial charge is 0.342 e. The molecule has 1 rings (SSSR count). The van der Waals surface area contributed by atoms with Crippen molar-refractivity contribution in [3.63, 3.8) is 0 Å². The molecule has 0 aliphatic carbocycles. The lowest BCUT2D eigenvalue weighted by Gasteiger charge is -2.12. The molecule has 0 atom stereocenters. The molecule has 1 aromatic carbocycles. The summed E-state index contributed by atoms with van der Waals surface area (Å²) in [5.41, 5.74) is 6.59. The zero-order chi connectivity index (χ0) is 15.7. The quantitative estimate of drug-likeness (QED) is 0.431. The Morgan fingerprint density at radius 2 is 2.00 bits per heavy atom. The standard InChI is InChI=1S/C16H25NO4/c1-4-20-15-13(6-5-7-14(15)17)16(18)21-11-10-19-9-8-12(2)3/h5-7,12H,4,8-11,17H2,1-3H3. The van der Waals surface area contributed by atoms with Crippen LogP contribution in [-0.2, 0) is 9.47 Å². The van der Waals surface area contributed by atoms with Crippen molar-refractivity contribution >= 4 is 11.7 Å². The van der Waals surface area contributed by atoms with Crippen LogP contribution in [0.1, 0.15) is 37.6 Å². The lowest BCUT2D eigenvalue weighted by molar-refractivity contribution is 0.0300. The van der Waals surface area contributed by atoms with Gasteiger partial charge in [-0.25, -0.2) is 4.79 Å². The van der Waals surface area contributed by atoms with Crippen molar-refractivity contribution in [1.82, 2.24) is 0 Å². The molecule has 0 fully saturated rings. The summed E-state index contributed by atoms with van der Waals surface area (Å²) in [6, 6.07) is 5.04. The summed E-state index contributed by atoms with van der Waals surface area (Å²) < 4.78 is 16.0. The number of rotatable bonds is 9. The highest BCUT2D eigenvalue weighted by Crippen LogP contribution is 2.26. The molecule has 0 aliphatic rings. The number of nitrogens with two attached hydrogens (primary N) is 1. The molecule has 118 valence electrons. The highest BCUT2D eigenvalue weighted by Gasteiger charge is 2.16. The van der Waals surface area contributed by atoms with E-state index in [4.69, 9.17) is 19.9 Å². The maximum absolute atomic E-state index is 12.0. The Morgan fingerprint density at radius 3 is 2.67 bits per heavy atom. The molecule has 1 aromatic rings. The number of anilines is 1. The van der Waals surface area contributed by atoms with Crippen LogP contribution in [0.5, 0.6) is 5.75 Å². The number of ether oxygens (including phenoxy) is 3. The van der Waals surface area contributed by atoms with Crippen LogP contribution in [0, 0.1) is 5.92 Å². The molecule has 5 heteroatoms. The van der Waals surface area contributed by atoms with E-state index in [-0.39, 0.29) is 6.61 Å². The second-order valence-corrected chi connectivity index (χ2v) is 5.09. The first-order valence-corrected chi connectivity index (χ1v) is 7.32. The monoisotopic (exact) mass is 295 g/mol. The van der Waals surface area contributed by atoms with Crippen LogP contribution in [0.15, 0.2) is 18.2 Å². The molecule has 0 bridgehead atoms. The maximum Gasteiger partial charge on any atom is 0.342 e. The van der Waals surface area contributed by atoms with Gasteiger partial charge in [-0.05, 0) is 31.4 Å². The molecule has 0 aliphatic heterocycles. The number of hydrogen-bond donors (Lipinski definition) is 1. The zero-order valence-corrected chi connectivity index (χ0v) is 13.1. The molecule has 0 aromatic heterocycles. The second kappa shape index (κ2) is 9.23. The molecule has 0 unspecified atom stereocenters. The molecule has 0 heterocycles. The molecular weight excluding hydrogens is 270 g/mol. The van der Waals surface area contributed by atoms with Gasteiger partial charge >= 0.3 is 5.97 Å². The topological polar surface area (TPSA) is 70.8 Å². The van der Waals surface area contributed by atoms with Gasteiger partial charge in [-0.3, -0.25) is 0 Å². The minimum Gasteiger partial charge on any atom is -0.491 e. The van der Waals surface area contributed by atoms with E-state index < -0.39 is 5.97 Å². The first kappa shape index (κ1) is 17.3. The van der Waals surface area contributed by atoms with Crippen LogP contribution >= 0.6 is 0 Å². The second-order valence-electron chi connectivity index (χ2n) is 5.09. The van der Waals surface area contributed by atoms with E-state index in [1.807, 2.05) is 6.92 Å². The fraction of sp³-hybridized carbons (Fsp3) is 0.562. The van der Waals surface area contributed by atoms with Crippen molar-refractivity contribution < 1.29 is 19.0 Å². The van der Waals surface area contributed by atoms with Crippen molar-refractivity contribution in [1.29, 1.82) is 0 Å². The van der Waals surface area contributed by atoms with Crippen LogP contribution in [-0.4, -0.2) is 32.4 Å². The van der Waals surface area contributed by atoms with E-state index in [0.717, 1.165) is 6.42 Å². The zero-order valence-electron chi connectivity index (χ0n) is 13.1. The fourth-order valence-electron chi connectivity index (χ4n) is 1.71. The van der Waals surface area contributed by atoms with Crippen molar-refractivity contribution in [2.75, 3.05) is 32.2 Å². The van der Waals surface area contributed by atoms with Crippen LogP contribution in [0.2, 0.25) is 0 Å². The summed E-state index contributed by atoms with van der Waals surface area (Å²) in [5.74, 6) is 0.539. The normalized spacial score (nSPS) is 10.7. The molecule has 0 spiro atoms. The molecule has 5 nitrogen and oxygen atoms in total. The van der Waals surface area contributed by atoms with Gasteiger partial charge in [0.05, 0.1) is 18.9 Å². The Labute approximate surface area is 126 Å². The summed E-state index contributed by atoms with van der Waals surface area (Å²) in [6.45, 7) is 7.84. The number of esters is 1. The van der Waals surface area contributed by atoms with Gasteiger partial charge in [-0.1, -0.05) is 19.9 Å². The Kier molecular flexibility index (Phi) is 7.61. The number of para-hydroxylation sites is 1. The third-order valence-electron chi connectivity index (χ3n) is 2.85. The Balaban J connectivity index is 2.43. The Bertz CT molecular complexity index is 446. The summed E-state index contributed by atoms with van der Waals surface area (Å²) in [6.07, 6.45) is 0.998. The fourth-order valence-corrected chi connectivity index (χ4v) is 1.71. The molecule has 0 radical (unpaired) electrons. The van der Waals surface area contributed by atoms with Gasteiger partial charge in [0.2, 0.25) is 0 Å². The average molecular weight is 295 g/mol. The van der Waals surface area contributed by atoms with E-state index >= 15 is 0 Å². The summed E-state index contributed by atoms with van der Waals surface area (Å²) in [7, 11) is 0. The van der Waals surface area contributed by atoms with Crippen molar-refractivity contribution in [2.24, 2.45) is 5.92 Å². The Hall–Kier alpha value is -1.75.